The van der Waals surface area contributed by atoms with Crippen molar-refractivity contribution in [2.45, 2.75) is 52.9 Å². The largest absolute Gasteiger partial charge is 0.0955 e. The summed E-state index contributed by atoms with van der Waals surface area (Å²) in [6.45, 7) is 11.6. The van der Waals surface area contributed by atoms with Gasteiger partial charge >= 0.3 is 0 Å². The molecule has 0 aliphatic heterocycles. The molecule has 1 atom stereocenters. The molecule has 0 heterocycles. The number of allylic oxidation sites excluding steroid dienone is 3. The average Bonchev–Trinajstić information content (AvgIpc) is 2.67. The standard InChI is InChI=1S/C28H30/c1-18-10-11-21-24(14-18)22-12-13-28(3,4)17-26(22)27-23(15-19(2)16-25(21)27)20-8-6-5-7-9-20/h5-9,12-13,15,18H,2,10-11,14,16-17H2,1,3-4H3. The number of fused-ring (bicyclic) bond motifs is 6. The van der Waals surface area contributed by atoms with Crippen molar-refractivity contribution in [3.05, 3.63) is 93.6 Å². The number of benzene rings is 2. The lowest BCUT2D eigenvalue weighted by Gasteiger charge is -2.37. The van der Waals surface area contributed by atoms with E-state index in [-0.39, 0.29) is 5.41 Å². The lowest BCUT2D eigenvalue weighted by atomic mass is 9.67. The zero-order valence-electron chi connectivity index (χ0n) is 17.4. The average molecular weight is 367 g/mol. The molecule has 0 amide bonds. The molecule has 0 N–H and O–H groups in total. The predicted octanol–water partition coefficient (Wildman–Crippen LogP) is 6.95. The number of hydrogen-bond acceptors (Lipinski definition) is 0. The zero-order valence-corrected chi connectivity index (χ0v) is 17.4. The van der Waals surface area contributed by atoms with Crippen LogP contribution in [0.15, 0.2) is 54.6 Å². The lowest BCUT2D eigenvalue weighted by Crippen LogP contribution is -2.25. The molecule has 0 heteroatoms. The first kappa shape index (κ1) is 17.7. The van der Waals surface area contributed by atoms with Gasteiger partial charge in [0.15, 0.2) is 0 Å². The summed E-state index contributed by atoms with van der Waals surface area (Å²) in [5, 5.41) is 0. The first-order valence-electron chi connectivity index (χ1n) is 10.8. The monoisotopic (exact) mass is 366 g/mol. The van der Waals surface area contributed by atoms with E-state index in [2.05, 4.69) is 75.9 Å². The Labute approximate surface area is 169 Å². The molecule has 2 aromatic rings. The van der Waals surface area contributed by atoms with Gasteiger partial charge in [-0.3, -0.25) is 0 Å². The van der Waals surface area contributed by atoms with Gasteiger partial charge in [-0.25, -0.2) is 0 Å². The lowest BCUT2D eigenvalue weighted by molar-refractivity contribution is 0.468. The van der Waals surface area contributed by atoms with Crippen molar-refractivity contribution in [2.75, 3.05) is 0 Å². The molecule has 1 unspecified atom stereocenters. The maximum absolute atomic E-state index is 4.40. The summed E-state index contributed by atoms with van der Waals surface area (Å²) in [5.74, 6) is 0.786. The van der Waals surface area contributed by atoms with E-state index >= 15 is 0 Å². The minimum atomic E-state index is 0.214. The molecule has 142 valence electrons. The Morgan fingerprint density at radius 2 is 1.79 bits per heavy atom. The van der Waals surface area contributed by atoms with Crippen molar-refractivity contribution in [1.82, 2.24) is 0 Å². The minimum Gasteiger partial charge on any atom is -0.0955 e. The van der Waals surface area contributed by atoms with Gasteiger partial charge in [-0.1, -0.05) is 81.5 Å². The Kier molecular flexibility index (Phi) is 4.02. The molecule has 2 aromatic carbocycles. The normalized spacial score (nSPS) is 22.2. The van der Waals surface area contributed by atoms with Crippen molar-refractivity contribution >= 4 is 11.6 Å². The summed E-state index contributed by atoms with van der Waals surface area (Å²) >= 11 is 0. The molecule has 28 heavy (non-hydrogen) atoms. The van der Waals surface area contributed by atoms with E-state index in [4.69, 9.17) is 0 Å². The molecule has 0 aromatic heterocycles. The van der Waals surface area contributed by atoms with Crippen LogP contribution in [-0.4, -0.2) is 0 Å². The second-order valence-electron chi connectivity index (χ2n) is 9.81. The van der Waals surface area contributed by atoms with Crippen molar-refractivity contribution in [2.24, 2.45) is 11.3 Å². The first-order chi connectivity index (χ1) is 13.4. The van der Waals surface area contributed by atoms with E-state index in [9.17, 15) is 0 Å². The fraction of sp³-hybridized carbons (Fsp3) is 0.357. The predicted molar refractivity (Wildman–Crippen MR) is 121 cm³/mol. The van der Waals surface area contributed by atoms with Crippen molar-refractivity contribution in [3.8, 4) is 0 Å². The Morgan fingerprint density at radius 1 is 1.00 bits per heavy atom. The Bertz CT molecular complexity index is 1030. The molecule has 0 fully saturated rings. The smallest absolute Gasteiger partial charge is 0.00223 e. The minimum absolute atomic E-state index is 0.214. The summed E-state index contributed by atoms with van der Waals surface area (Å²) in [4.78, 5) is 0. The van der Waals surface area contributed by atoms with Crippen LogP contribution in [0.5, 0.6) is 0 Å². The van der Waals surface area contributed by atoms with E-state index in [0.29, 0.717) is 0 Å². The van der Waals surface area contributed by atoms with Gasteiger partial charge < -0.3 is 0 Å². The van der Waals surface area contributed by atoms with Crippen LogP contribution in [0.2, 0.25) is 0 Å². The summed E-state index contributed by atoms with van der Waals surface area (Å²) in [7, 11) is 0. The van der Waals surface area contributed by atoms with Gasteiger partial charge in [0.2, 0.25) is 0 Å². The maximum Gasteiger partial charge on any atom is -0.00223 e. The molecular formula is C28H30. The van der Waals surface area contributed by atoms with Crippen LogP contribution < -0.4 is 0 Å². The maximum atomic E-state index is 4.40. The van der Waals surface area contributed by atoms with E-state index in [0.717, 1.165) is 18.8 Å². The van der Waals surface area contributed by atoms with Gasteiger partial charge in [-0.05, 0) is 88.0 Å². The number of rotatable bonds is 1. The Balaban J connectivity index is 1.84. The van der Waals surface area contributed by atoms with Crippen LogP contribution in [0.1, 0.15) is 66.1 Å². The third-order valence-corrected chi connectivity index (χ3v) is 6.86. The summed E-state index contributed by atoms with van der Waals surface area (Å²) in [5.41, 5.74) is 13.7. The van der Waals surface area contributed by atoms with E-state index in [1.54, 1.807) is 22.3 Å². The molecule has 0 saturated heterocycles. The van der Waals surface area contributed by atoms with Gasteiger partial charge in [-0.15, -0.1) is 0 Å². The number of hydrogen-bond donors (Lipinski definition) is 0. The Hall–Kier alpha value is -2.34. The topological polar surface area (TPSA) is 0 Å². The molecule has 3 aliphatic rings. The van der Waals surface area contributed by atoms with Crippen LogP contribution in [0, 0.1) is 11.3 Å². The van der Waals surface area contributed by atoms with Gasteiger partial charge in [0.05, 0.1) is 0 Å². The van der Waals surface area contributed by atoms with Crippen LogP contribution in [0.4, 0.5) is 0 Å². The van der Waals surface area contributed by atoms with Crippen LogP contribution in [0.3, 0.4) is 0 Å². The second kappa shape index (κ2) is 6.34. The second-order valence-corrected chi connectivity index (χ2v) is 9.81. The van der Waals surface area contributed by atoms with Gasteiger partial charge in [-0.2, -0.15) is 0 Å². The quantitative estimate of drug-likeness (QED) is 0.512. The van der Waals surface area contributed by atoms with Gasteiger partial charge in [0, 0.05) is 0 Å². The fourth-order valence-corrected chi connectivity index (χ4v) is 5.50. The van der Waals surface area contributed by atoms with Gasteiger partial charge in [0.1, 0.15) is 0 Å². The highest BCUT2D eigenvalue weighted by Gasteiger charge is 2.33. The van der Waals surface area contributed by atoms with E-state index in [1.165, 1.54) is 47.1 Å². The third kappa shape index (κ3) is 2.82. The highest BCUT2D eigenvalue weighted by molar-refractivity contribution is 5.90. The molecule has 0 radical (unpaired) electrons. The van der Waals surface area contributed by atoms with E-state index in [1.807, 2.05) is 0 Å². The SMILES string of the molecule is C=C1C=C(c2ccccc2)c2c3c(c4c(c2C1)CCC(C)C4)C=CC(C)(C)C3. The van der Waals surface area contributed by atoms with E-state index < -0.39 is 0 Å². The highest BCUT2D eigenvalue weighted by atomic mass is 14.4. The summed E-state index contributed by atoms with van der Waals surface area (Å²) < 4.78 is 0. The van der Waals surface area contributed by atoms with Crippen molar-refractivity contribution in [3.63, 3.8) is 0 Å². The molecule has 0 nitrogen and oxygen atoms in total. The fourth-order valence-electron chi connectivity index (χ4n) is 5.50. The summed E-state index contributed by atoms with van der Waals surface area (Å²) in [6, 6.07) is 10.9. The van der Waals surface area contributed by atoms with Crippen LogP contribution >= 0.6 is 0 Å². The molecule has 0 spiro atoms. The third-order valence-electron chi connectivity index (χ3n) is 6.86. The van der Waals surface area contributed by atoms with Crippen LogP contribution in [-0.2, 0) is 25.7 Å². The molecule has 3 aliphatic carbocycles. The molecule has 0 bridgehead atoms. The zero-order chi connectivity index (χ0) is 19.5. The molecule has 0 saturated carbocycles. The van der Waals surface area contributed by atoms with Crippen molar-refractivity contribution < 1.29 is 0 Å². The summed E-state index contributed by atoms with van der Waals surface area (Å²) in [6.07, 6.45) is 13.1. The Morgan fingerprint density at radius 3 is 2.57 bits per heavy atom. The molecule has 5 rings (SSSR count). The first-order valence-corrected chi connectivity index (χ1v) is 10.8. The van der Waals surface area contributed by atoms with Gasteiger partial charge in [0.25, 0.3) is 0 Å². The van der Waals surface area contributed by atoms with Crippen molar-refractivity contribution in [1.29, 1.82) is 0 Å². The van der Waals surface area contributed by atoms with Crippen LogP contribution in [0.25, 0.3) is 11.6 Å². The highest BCUT2D eigenvalue weighted by Crippen LogP contribution is 2.47. The molecular weight excluding hydrogens is 336 g/mol.